The number of hydrogen-bond acceptors (Lipinski definition) is 4. The molecule has 1 rings (SSSR count). The maximum Gasteiger partial charge on any atom is 0.399 e. The summed E-state index contributed by atoms with van der Waals surface area (Å²) in [6.45, 7) is 0. The lowest BCUT2D eigenvalue weighted by molar-refractivity contribution is -0.671. The van der Waals surface area contributed by atoms with Crippen LogP contribution in [0, 0.1) is 0 Å². The zero-order chi connectivity index (χ0) is 11.0. The fourth-order valence-electron chi connectivity index (χ4n) is 0.553. The molecule has 0 aliphatic rings. The number of hydrogen-bond donors (Lipinski definition) is 0. The SMILES string of the molecule is COS(=O)(=O)OC.C[n+]1ccccc1. The molecule has 0 bridgehead atoms. The molecular weight excluding hydrogens is 206 g/mol. The van der Waals surface area contributed by atoms with E-state index in [1.807, 2.05) is 42.2 Å². The van der Waals surface area contributed by atoms with Crippen molar-refractivity contribution in [1.29, 1.82) is 0 Å². The second-order valence-electron chi connectivity index (χ2n) is 2.28. The van der Waals surface area contributed by atoms with Gasteiger partial charge >= 0.3 is 10.4 Å². The minimum absolute atomic E-state index is 1.03. The van der Waals surface area contributed by atoms with Gasteiger partial charge in [-0.1, -0.05) is 6.07 Å². The molecule has 0 atom stereocenters. The lowest BCUT2D eigenvalue weighted by Crippen LogP contribution is -2.25. The molecule has 1 aromatic rings. The molecule has 0 aromatic carbocycles. The highest BCUT2D eigenvalue weighted by Crippen LogP contribution is 1.85. The largest absolute Gasteiger partial charge is 0.399 e. The van der Waals surface area contributed by atoms with Crippen molar-refractivity contribution in [3.63, 3.8) is 0 Å². The maximum absolute atomic E-state index is 9.92. The van der Waals surface area contributed by atoms with Crippen LogP contribution in [-0.4, -0.2) is 22.6 Å². The summed E-state index contributed by atoms with van der Waals surface area (Å²) in [7, 11) is 0.396. The molecule has 0 aliphatic carbocycles. The van der Waals surface area contributed by atoms with E-state index >= 15 is 0 Å². The normalized spacial score (nSPS) is 10.2. The molecule has 1 aromatic heterocycles. The zero-order valence-electron chi connectivity index (χ0n) is 8.38. The number of aryl methyl sites for hydroxylation is 1. The van der Waals surface area contributed by atoms with Crippen molar-refractivity contribution in [1.82, 2.24) is 0 Å². The quantitative estimate of drug-likeness (QED) is 0.660. The fourth-order valence-corrected chi connectivity index (χ4v) is 0.689. The first kappa shape index (κ1) is 13.0. The van der Waals surface area contributed by atoms with Crippen molar-refractivity contribution < 1.29 is 21.4 Å². The summed E-state index contributed by atoms with van der Waals surface area (Å²) < 4.78 is 29.5. The Kier molecular flexibility index (Phi) is 6.02. The van der Waals surface area contributed by atoms with Crippen molar-refractivity contribution in [3.8, 4) is 0 Å². The number of pyridine rings is 1. The topological polar surface area (TPSA) is 56.5 Å². The van der Waals surface area contributed by atoms with Crippen LogP contribution in [0.3, 0.4) is 0 Å². The Morgan fingerprint density at radius 3 is 1.57 bits per heavy atom. The van der Waals surface area contributed by atoms with Crippen molar-refractivity contribution in [2.45, 2.75) is 0 Å². The van der Waals surface area contributed by atoms with Gasteiger partial charge in [-0.05, 0) is 0 Å². The minimum Gasteiger partial charge on any atom is -0.252 e. The summed E-state index contributed by atoms with van der Waals surface area (Å²) in [5.41, 5.74) is 0. The third-order valence-corrected chi connectivity index (χ3v) is 2.09. The van der Waals surface area contributed by atoms with Crippen LogP contribution in [0.1, 0.15) is 0 Å². The molecule has 5 nitrogen and oxygen atoms in total. The highest BCUT2D eigenvalue weighted by molar-refractivity contribution is 7.81. The first-order valence-electron chi connectivity index (χ1n) is 3.78. The summed E-state index contributed by atoms with van der Waals surface area (Å²) in [6.07, 6.45) is 4.00. The monoisotopic (exact) mass is 220 g/mol. The van der Waals surface area contributed by atoms with Crippen LogP contribution in [0.25, 0.3) is 0 Å². The average Bonchev–Trinajstić information content (AvgIpc) is 2.20. The lowest BCUT2D eigenvalue weighted by atomic mass is 10.5. The first-order chi connectivity index (χ1) is 6.52. The van der Waals surface area contributed by atoms with Gasteiger partial charge in [-0.15, -0.1) is 0 Å². The predicted octanol–water partition coefficient (Wildman–Crippen LogP) is 0.0351. The molecule has 0 radical (unpaired) electrons. The van der Waals surface area contributed by atoms with Crippen LogP contribution in [0.15, 0.2) is 30.6 Å². The smallest absolute Gasteiger partial charge is 0.252 e. The van der Waals surface area contributed by atoms with Gasteiger partial charge in [0.2, 0.25) is 0 Å². The molecule has 6 heteroatoms. The van der Waals surface area contributed by atoms with Gasteiger partial charge in [0.25, 0.3) is 0 Å². The molecule has 0 spiro atoms. The van der Waals surface area contributed by atoms with Gasteiger partial charge in [-0.2, -0.15) is 8.42 Å². The van der Waals surface area contributed by atoms with Crippen molar-refractivity contribution in [2.24, 2.45) is 7.05 Å². The van der Waals surface area contributed by atoms with Gasteiger partial charge in [0.15, 0.2) is 12.4 Å². The van der Waals surface area contributed by atoms with Crippen LogP contribution in [0.2, 0.25) is 0 Å². The third-order valence-electron chi connectivity index (χ3n) is 1.27. The van der Waals surface area contributed by atoms with E-state index in [1.54, 1.807) is 0 Å². The van der Waals surface area contributed by atoms with Crippen molar-refractivity contribution >= 4 is 10.4 Å². The van der Waals surface area contributed by atoms with E-state index in [0.29, 0.717) is 0 Å². The molecule has 1 heterocycles. The molecule has 0 saturated carbocycles. The molecule has 0 unspecified atom stereocenters. The maximum atomic E-state index is 9.92. The van der Waals surface area contributed by atoms with E-state index in [4.69, 9.17) is 0 Å². The zero-order valence-corrected chi connectivity index (χ0v) is 9.19. The van der Waals surface area contributed by atoms with Gasteiger partial charge in [-0.3, -0.25) is 8.37 Å². The second-order valence-corrected chi connectivity index (χ2v) is 3.77. The Hall–Kier alpha value is -0.980. The summed E-state index contributed by atoms with van der Waals surface area (Å²) in [6, 6.07) is 6.00. The Morgan fingerprint density at radius 2 is 1.43 bits per heavy atom. The summed E-state index contributed by atoms with van der Waals surface area (Å²) >= 11 is 0. The average molecular weight is 220 g/mol. The standard InChI is InChI=1S/C6H8N.C2H6O4S/c1-7-5-3-2-4-6-7;1-5-7(3,4)6-2/h2-6H,1H3;1-2H3/q+1;. The van der Waals surface area contributed by atoms with E-state index < -0.39 is 10.4 Å². The fraction of sp³-hybridized carbons (Fsp3) is 0.375. The number of rotatable bonds is 2. The summed E-state index contributed by atoms with van der Waals surface area (Å²) in [5.74, 6) is 0. The van der Waals surface area contributed by atoms with E-state index in [1.165, 1.54) is 0 Å². The predicted molar refractivity (Wildman–Crippen MR) is 50.6 cm³/mol. The highest BCUT2D eigenvalue weighted by Gasteiger charge is 2.01. The molecule has 0 amide bonds. The summed E-state index contributed by atoms with van der Waals surface area (Å²) in [4.78, 5) is 0. The Balaban J connectivity index is 0.000000241. The van der Waals surface area contributed by atoms with Crippen LogP contribution in [-0.2, 0) is 25.8 Å². The molecule has 0 saturated heterocycles. The van der Waals surface area contributed by atoms with Gasteiger partial charge < -0.3 is 0 Å². The Morgan fingerprint density at radius 1 is 1.00 bits per heavy atom. The van der Waals surface area contributed by atoms with Gasteiger partial charge in [0.1, 0.15) is 7.05 Å². The van der Waals surface area contributed by atoms with Crippen LogP contribution >= 0.6 is 0 Å². The van der Waals surface area contributed by atoms with Gasteiger partial charge in [0.05, 0.1) is 14.2 Å². The minimum atomic E-state index is -3.66. The van der Waals surface area contributed by atoms with E-state index in [9.17, 15) is 8.42 Å². The Labute approximate surface area is 84.2 Å². The Bertz CT molecular complexity index is 326. The van der Waals surface area contributed by atoms with Gasteiger partial charge in [-0.25, -0.2) is 4.57 Å². The summed E-state index contributed by atoms with van der Waals surface area (Å²) in [5, 5.41) is 0. The third kappa shape index (κ3) is 6.53. The lowest BCUT2D eigenvalue weighted by Gasteiger charge is -1.91. The van der Waals surface area contributed by atoms with Crippen LogP contribution < -0.4 is 4.57 Å². The van der Waals surface area contributed by atoms with Crippen molar-refractivity contribution in [2.75, 3.05) is 14.2 Å². The molecule has 80 valence electrons. The number of aromatic nitrogens is 1. The molecular formula is C8H14NO4S+. The molecule has 0 N–H and O–H groups in total. The number of nitrogens with zero attached hydrogens (tertiary/aromatic N) is 1. The van der Waals surface area contributed by atoms with Crippen molar-refractivity contribution in [3.05, 3.63) is 30.6 Å². The highest BCUT2D eigenvalue weighted by atomic mass is 32.3. The van der Waals surface area contributed by atoms with E-state index in [-0.39, 0.29) is 0 Å². The van der Waals surface area contributed by atoms with E-state index in [2.05, 4.69) is 8.37 Å². The van der Waals surface area contributed by atoms with E-state index in [0.717, 1.165) is 14.2 Å². The van der Waals surface area contributed by atoms with Gasteiger partial charge in [0, 0.05) is 12.1 Å². The molecule has 14 heavy (non-hydrogen) atoms. The molecule has 0 fully saturated rings. The van der Waals surface area contributed by atoms with Crippen LogP contribution in [0.4, 0.5) is 0 Å². The molecule has 0 aliphatic heterocycles. The van der Waals surface area contributed by atoms with Crippen LogP contribution in [0.5, 0.6) is 0 Å². The first-order valence-corrected chi connectivity index (χ1v) is 5.11. The second kappa shape index (κ2) is 6.47.